The van der Waals surface area contributed by atoms with E-state index in [-0.39, 0.29) is 33.7 Å². The van der Waals surface area contributed by atoms with Gasteiger partial charge in [0.15, 0.2) is 0 Å². The first-order chi connectivity index (χ1) is 14.3. The number of anilines is 1. The topological polar surface area (TPSA) is 106 Å². The number of unbranched alkanes of at least 4 members (excludes halogenated alkanes) is 11. The maximum absolute atomic E-state index is 10.2. The van der Waals surface area contributed by atoms with Crippen LogP contribution in [0.3, 0.4) is 0 Å². The second-order valence-corrected chi connectivity index (χ2v) is 8.46. The van der Waals surface area contributed by atoms with Gasteiger partial charge in [0, 0.05) is 11.7 Å². The number of carboxylic acid groups (broad SMARTS) is 2. The fourth-order valence-corrected chi connectivity index (χ4v) is 3.21. The first-order valence-electron chi connectivity index (χ1n) is 11.6. The molecule has 1 aromatic rings. The molecular weight excluding hydrogens is 426 g/mol. The number of rotatable bonds is 16. The van der Waals surface area contributed by atoms with Gasteiger partial charge in [-0.25, -0.2) is 0 Å². The van der Waals surface area contributed by atoms with Crippen LogP contribution in [0.25, 0.3) is 0 Å². The third-order valence-corrected chi connectivity index (χ3v) is 5.06. The number of aliphatic carboxylic acids is 1. The Labute approximate surface area is 204 Å². The number of aromatic carboxylic acids is 1. The molecule has 0 fully saturated rings. The van der Waals surface area contributed by atoms with Gasteiger partial charge < -0.3 is 25.5 Å². The summed E-state index contributed by atoms with van der Waals surface area (Å²) in [6.07, 6.45) is 17.0. The van der Waals surface area contributed by atoms with Crippen molar-refractivity contribution in [2.75, 3.05) is 5.73 Å². The van der Waals surface area contributed by atoms with E-state index in [4.69, 9.17) is 5.73 Å². The van der Waals surface area contributed by atoms with E-state index in [9.17, 15) is 19.8 Å². The van der Waals surface area contributed by atoms with Gasteiger partial charge in [0.1, 0.15) is 0 Å². The largest absolute Gasteiger partial charge is 2.00 e. The molecule has 1 rings (SSSR count). The Morgan fingerprint density at radius 3 is 1.48 bits per heavy atom. The van der Waals surface area contributed by atoms with E-state index in [1.165, 1.54) is 94.9 Å². The normalized spacial score (nSPS) is 10.2. The van der Waals surface area contributed by atoms with E-state index in [1.807, 2.05) is 0 Å². The number of hydrogen-bond donors (Lipinski definition) is 1. The second-order valence-electron chi connectivity index (χ2n) is 8.46. The predicted octanol–water partition coefficient (Wildman–Crippen LogP) is 4.48. The molecule has 0 saturated heterocycles. The van der Waals surface area contributed by atoms with E-state index in [0.29, 0.717) is 5.69 Å². The van der Waals surface area contributed by atoms with Crippen molar-refractivity contribution >= 4 is 17.6 Å². The maximum atomic E-state index is 10.2. The Morgan fingerprint density at radius 1 is 0.742 bits per heavy atom. The third-order valence-electron chi connectivity index (χ3n) is 5.06. The first kappa shape index (κ1) is 31.9. The Kier molecular flexibility index (Phi) is 22.5. The van der Waals surface area contributed by atoms with Gasteiger partial charge >= 0.3 is 21.7 Å². The Balaban J connectivity index is 0. The summed E-state index contributed by atoms with van der Waals surface area (Å²) in [5, 5.41) is 20.4. The zero-order valence-corrected chi connectivity index (χ0v) is 21.1. The maximum Gasteiger partial charge on any atom is 2.00 e. The van der Waals surface area contributed by atoms with Crippen molar-refractivity contribution in [3.63, 3.8) is 0 Å². The molecule has 0 aromatic heterocycles. The Morgan fingerprint density at radius 2 is 1.13 bits per heavy atom. The van der Waals surface area contributed by atoms with Gasteiger partial charge in [0.25, 0.3) is 0 Å². The predicted molar refractivity (Wildman–Crippen MR) is 120 cm³/mol. The smallest absolute Gasteiger partial charge is 0.550 e. The van der Waals surface area contributed by atoms with Crippen LogP contribution in [-0.2, 0) is 26.5 Å². The van der Waals surface area contributed by atoms with Crippen LogP contribution >= 0.6 is 0 Å². The summed E-state index contributed by atoms with van der Waals surface area (Å²) in [6, 6.07) is 5.85. The van der Waals surface area contributed by atoms with Crippen LogP contribution in [0.2, 0.25) is 0 Å². The molecule has 0 heterocycles. The number of carboxylic acids is 2. The number of benzene rings is 1. The van der Waals surface area contributed by atoms with E-state index in [0.717, 1.165) is 18.8 Å². The summed E-state index contributed by atoms with van der Waals surface area (Å²) in [5.74, 6) is -1.22. The van der Waals surface area contributed by atoms with Crippen LogP contribution in [0.15, 0.2) is 24.3 Å². The molecule has 6 heteroatoms. The van der Waals surface area contributed by atoms with E-state index < -0.39 is 11.9 Å². The summed E-state index contributed by atoms with van der Waals surface area (Å²) in [6.45, 7) is 4.61. The van der Waals surface area contributed by atoms with Crippen LogP contribution in [-0.4, -0.2) is 11.9 Å². The van der Waals surface area contributed by atoms with Gasteiger partial charge in [0.05, 0.1) is 5.97 Å². The van der Waals surface area contributed by atoms with E-state index in [2.05, 4.69) is 13.8 Å². The summed E-state index contributed by atoms with van der Waals surface area (Å²) in [5.41, 5.74) is 6.01. The van der Waals surface area contributed by atoms with Crippen molar-refractivity contribution < 1.29 is 41.5 Å². The van der Waals surface area contributed by atoms with E-state index >= 15 is 0 Å². The fraction of sp³-hybridized carbons (Fsp3) is 0.680. The molecule has 174 valence electrons. The summed E-state index contributed by atoms with van der Waals surface area (Å²) in [4.78, 5) is 20.4. The molecule has 0 amide bonds. The van der Waals surface area contributed by atoms with Gasteiger partial charge in [-0.2, -0.15) is 0 Å². The summed E-state index contributed by atoms with van der Waals surface area (Å²) >= 11 is 0. The zero-order valence-electron chi connectivity index (χ0n) is 19.5. The van der Waals surface area contributed by atoms with Crippen LogP contribution in [0.1, 0.15) is 114 Å². The summed E-state index contributed by atoms with van der Waals surface area (Å²) in [7, 11) is 0. The molecule has 5 nitrogen and oxygen atoms in total. The van der Waals surface area contributed by atoms with Crippen LogP contribution in [0.4, 0.5) is 5.69 Å². The second kappa shape index (κ2) is 21.9. The van der Waals surface area contributed by atoms with Crippen LogP contribution < -0.4 is 15.9 Å². The quantitative estimate of drug-likeness (QED) is 0.219. The van der Waals surface area contributed by atoms with Gasteiger partial charge in [-0.3, -0.25) is 0 Å². The SMILES string of the molecule is CC(C)CCCCCCCCCCCCCCC(=O)[O-].Nc1ccc(C(=O)[O-])cc1.[Ti+2]. The number of carbonyl (C=O) groups excluding carboxylic acids is 2. The number of nitrogens with two attached hydrogens (primary N) is 1. The van der Waals surface area contributed by atoms with Crippen molar-refractivity contribution in [1.82, 2.24) is 0 Å². The zero-order chi connectivity index (χ0) is 22.6. The van der Waals surface area contributed by atoms with Crippen LogP contribution in [0.5, 0.6) is 0 Å². The fourth-order valence-electron chi connectivity index (χ4n) is 3.21. The molecular formula is C25H41NO4Ti. The van der Waals surface area contributed by atoms with Gasteiger partial charge in [-0.15, -0.1) is 0 Å². The standard InChI is InChI=1S/C18H36O2.C7H7NO2.Ti/c1-17(2)15-13-11-9-7-5-3-4-6-8-10-12-14-16-18(19)20;8-6-3-1-5(2-4-6)7(9)10;/h17H,3-16H2,1-2H3,(H,19,20);1-4H,8H2,(H,9,10);/q;;+2/p-2. The molecule has 0 aliphatic heterocycles. The number of hydrogen-bond acceptors (Lipinski definition) is 5. The monoisotopic (exact) mass is 467 g/mol. The molecule has 0 radical (unpaired) electrons. The Hall–Kier alpha value is -1.33. The van der Waals surface area contributed by atoms with E-state index in [1.54, 1.807) is 0 Å². The average molecular weight is 467 g/mol. The minimum Gasteiger partial charge on any atom is -0.550 e. The molecule has 31 heavy (non-hydrogen) atoms. The summed E-state index contributed by atoms with van der Waals surface area (Å²) < 4.78 is 0. The third kappa shape index (κ3) is 23.2. The molecule has 0 aliphatic rings. The van der Waals surface area contributed by atoms with Gasteiger partial charge in [-0.05, 0) is 36.5 Å². The molecule has 0 unspecified atom stereocenters. The van der Waals surface area contributed by atoms with Crippen molar-refractivity contribution in [2.24, 2.45) is 5.92 Å². The Bertz CT molecular complexity index is 561. The minimum atomic E-state index is -1.18. The van der Waals surface area contributed by atoms with Crippen molar-refractivity contribution in [3.8, 4) is 0 Å². The van der Waals surface area contributed by atoms with Crippen molar-refractivity contribution in [3.05, 3.63) is 29.8 Å². The van der Waals surface area contributed by atoms with Crippen molar-refractivity contribution in [2.45, 2.75) is 104 Å². The molecule has 0 saturated carbocycles. The van der Waals surface area contributed by atoms with Crippen molar-refractivity contribution in [1.29, 1.82) is 0 Å². The minimum absolute atomic E-state index is 0. The molecule has 1 aromatic carbocycles. The molecule has 0 spiro atoms. The molecule has 0 atom stereocenters. The molecule has 0 bridgehead atoms. The molecule has 0 aliphatic carbocycles. The first-order valence-corrected chi connectivity index (χ1v) is 11.6. The van der Waals surface area contributed by atoms with Crippen LogP contribution in [0, 0.1) is 5.92 Å². The van der Waals surface area contributed by atoms with Gasteiger partial charge in [0.2, 0.25) is 0 Å². The average Bonchev–Trinajstić information content (AvgIpc) is 2.68. The number of nitrogen functional groups attached to an aromatic ring is 1. The number of carbonyl (C=O) groups is 2. The van der Waals surface area contributed by atoms with Gasteiger partial charge in [-0.1, -0.05) is 103 Å². The molecule has 2 N–H and O–H groups in total.